The van der Waals surface area contributed by atoms with Gasteiger partial charge in [0.1, 0.15) is 24.7 Å². The molecule has 3 rings (SSSR count). The monoisotopic (exact) mass is 435 g/mol. The first-order valence-corrected chi connectivity index (χ1v) is 10.7. The summed E-state index contributed by atoms with van der Waals surface area (Å²) < 4.78 is 22.3. The number of rotatable bonds is 12. The number of benzene rings is 3. The zero-order valence-corrected chi connectivity index (χ0v) is 18.5. The van der Waals surface area contributed by atoms with E-state index in [-0.39, 0.29) is 5.91 Å². The first-order chi connectivity index (χ1) is 15.7. The van der Waals surface area contributed by atoms with E-state index >= 15 is 0 Å². The predicted octanol–water partition coefficient (Wildman–Crippen LogP) is 4.87. The average molecular weight is 436 g/mol. The summed E-state index contributed by atoms with van der Waals surface area (Å²) in [7, 11) is 1.61. The molecule has 168 valence electrons. The molecule has 0 aliphatic carbocycles. The minimum atomic E-state index is -0.158. The highest BCUT2D eigenvalue weighted by Crippen LogP contribution is 2.28. The molecule has 0 fully saturated rings. The summed E-state index contributed by atoms with van der Waals surface area (Å²) in [6, 6.07) is 22.3. The summed E-state index contributed by atoms with van der Waals surface area (Å²) in [6.45, 7) is 3.93. The zero-order chi connectivity index (χ0) is 22.6. The number of carbonyl (C=O) groups excluding carboxylic acids is 1. The standard InChI is InChI=1S/C26H29NO5/c1-3-15-32-24-14-9-20(18-25(24)29-2)19-27-26(28)21-10-12-23(13-11-21)31-17-16-30-22-7-5-4-6-8-22/h4-14,18H,3,15-17,19H2,1-2H3,(H,27,28). The Hall–Kier alpha value is -3.67. The van der Waals surface area contributed by atoms with Crippen LogP contribution < -0.4 is 24.3 Å². The summed E-state index contributed by atoms with van der Waals surface area (Å²) in [5, 5.41) is 2.92. The Kier molecular flexibility index (Phi) is 8.80. The lowest BCUT2D eigenvalue weighted by Gasteiger charge is -2.12. The van der Waals surface area contributed by atoms with Crippen LogP contribution in [0, 0.1) is 0 Å². The Morgan fingerprint density at radius 3 is 2.12 bits per heavy atom. The van der Waals surface area contributed by atoms with Crippen LogP contribution in [0.4, 0.5) is 0 Å². The molecule has 0 bridgehead atoms. The van der Waals surface area contributed by atoms with Gasteiger partial charge in [-0.15, -0.1) is 0 Å². The van der Waals surface area contributed by atoms with Gasteiger partial charge in [0.05, 0.1) is 13.7 Å². The number of hydrogen-bond donors (Lipinski definition) is 1. The lowest BCUT2D eigenvalue weighted by atomic mass is 10.1. The predicted molar refractivity (Wildman–Crippen MR) is 124 cm³/mol. The number of methoxy groups -OCH3 is 1. The molecule has 0 aliphatic heterocycles. The molecule has 0 heterocycles. The Labute approximate surface area is 189 Å². The quantitative estimate of drug-likeness (QED) is 0.411. The summed E-state index contributed by atoms with van der Waals surface area (Å²) in [5.74, 6) is 2.70. The second kappa shape index (κ2) is 12.2. The van der Waals surface area contributed by atoms with Crippen molar-refractivity contribution >= 4 is 5.91 Å². The third-order valence-corrected chi connectivity index (χ3v) is 4.62. The third-order valence-electron chi connectivity index (χ3n) is 4.62. The number of ether oxygens (including phenoxy) is 4. The van der Waals surface area contributed by atoms with Crippen LogP contribution in [0.1, 0.15) is 29.3 Å². The van der Waals surface area contributed by atoms with E-state index < -0.39 is 0 Å². The fourth-order valence-electron chi connectivity index (χ4n) is 2.98. The lowest BCUT2D eigenvalue weighted by molar-refractivity contribution is 0.0951. The number of para-hydroxylation sites is 1. The molecule has 3 aromatic carbocycles. The number of carbonyl (C=O) groups is 1. The van der Waals surface area contributed by atoms with Crippen LogP contribution in [-0.2, 0) is 6.54 Å². The molecule has 6 heteroatoms. The molecule has 0 atom stereocenters. The van der Waals surface area contributed by atoms with Crippen molar-refractivity contribution in [3.8, 4) is 23.0 Å². The highest BCUT2D eigenvalue weighted by atomic mass is 16.5. The zero-order valence-electron chi connectivity index (χ0n) is 18.5. The van der Waals surface area contributed by atoms with E-state index in [1.165, 1.54) is 0 Å². The molecule has 0 saturated heterocycles. The first kappa shape index (κ1) is 23.0. The fourth-order valence-corrected chi connectivity index (χ4v) is 2.98. The van der Waals surface area contributed by atoms with Crippen molar-refractivity contribution in [2.24, 2.45) is 0 Å². The van der Waals surface area contributed by atoms with Gasteiger partial charge in [0.15, 0.2) is 11.5 Å². The van der Waals surface area contributed by atoms with Gasteiger partial charge in [0, 0.05) is 12.1 Å². The number of hydrogen-bond acceptors (Lipinski definition) is 5. The van der Waals surface area contributed by atoms with Gasteiger partial charge in [0.25, 0.3) is 5.91 Å². The van der Waals surface area contributed by atoms with Crippen LogP contribution in [0.5, 0.6) is 23.0 Å². The molecule has 1 amide bonds. The summed E-state index contributed by atoms with van der Waals surface area (Å²) in [6.07, 6.45) is 0.923. The molecule has 0 unspecified atom stereocenters. The summed E-state index contributed by atoms with van der Waals surface area (Å²) in [4.78, 5) is 12.5. The molecule has 0 saturated carbocycles. The van der Waals surface area contributed by atoms with Gasteiger partial charge in [-0.05, 0) is 60.5 Å². The third kappa shape index (κ3) is 6.94. The van der Waals surface area contributed by atoms with Crippen LogP contribution in [0.25, 0.3) is 0 Å². The van der Waals surface area contributed by atoms with Crippen LogP contribution in [0.15, 0.2) is 72.8 Å². The highest BCUT2D eigenvalue weighted by Gasteiger charge is 2.09. The van der Waals surface area contributed by atoms with Crippen molar-refractivity contribution in [2.75, 3.05) is 26.9 Å². The van der Waals surface area contributed by atoms with Crippen LogP contribution in [0.3, 0.4) is 0 Å². The van der Waals surface area contributed by atoms with E-state index in [1.807, 2.05) is 48.5 Å². The maximum Gasteiger partial charge on any atom is 0.251 e. The van der Waals surface area contributed by atoms with E-state index in [0.717, 1.165) is 17.7 Å². The SMILES string of the molecule is CCCOc1ccc(CNC(=O)c2ccc(OCCOc3ccccc3)cc2)cc1OC. The Morgan fingerprint density at radius 2 is 1.47 bits per heavy atom. The largest absolute Gasteiger partial charge is 0.493 e. The van der Waals surface area contributed by atoms with Crippen molar-refractivity contribution < 1.29 is 23.7 Å². The molecule has 0 aliphatic rings. The minimum absolute atomic E-state index is 0.158. The molecule has 6 nitrogen and oxygen atoms in total. The van der Waals surface area contributed by atoms with E-state index in [1.54, 1.807) is 31.4 Å². The van der Waals surface area contributed by atoms with E-state index in [2.05, 4.69) is 12.2 Å². The van der Waals surface area contributed by atoms with Crippen LogP contribution >= 0.6 is 0 Å². The smallest absolute Gasteiger partial charge is 0.251 e. The van der Waals surface area contributed by atoms with Gasteiger partial charge in [-0.1, -0.05) is 31.2 Å². The Bertz CT molecular complexity index is 973. The summed E-state index contributed by atoms with van der Waals surface area (Å²) in [5.41, 5.74) is 1.49. The van der Waals surface area contributed by atoms with E-state index in [9.17, 15) is 4.79 Å². The molecular formula is C26H29NO5. The average Bonchev–Trinajstić information content (AvgIpc) is 2.85. The van der Waals surface area contributed by atoms with Crippen molar-refractivity contribution in [1.82, 2.24) is 5.32 Å². The minimum Gasteiger partial charge on any atom is -0.493 e. The maximum atomic E-state index is 12.5. The molecule has 1 N–H and O–H groups in total. The lowest BCUT2D eigenvalue weighted by Crippen LogP contribution is -2.22. The molecule has 3 aromatic rings. The normalized spacial score (nSPS) is 10.3. The molecule has 0 spiro atoms. The molecular weight excluding hydrogens is 406 g/mol. The van der Waals surface area contributed by atoms with Gasteiger partial charge in [-0.3, -0.25) is 4.79 Å². The topological polar surface area (TPSA) is 66.0 Å². The van der Waals surface area contributed by atoms with Gasteiger partial charge >= 0.3 is 0 Å². The van der Waals surface area contributed by atoms with Crippen LogP contribution in [0.2, 0.25) is 0 Å². The number of nitrogens with one attached hydrogen (secondary N) is 1. The van der Waals surface area contributed by atoms with Crippen molar-refractivity contribution in [3.05, 3.63) is 83.9 Å². The fraction of sp³-hybridized carbons (Fsp3) is 0.269. The van der Waals surface area contributed by atoms with Gasteiger partial charge in [-0.25, -0.2) is 0 Å². The van der Waals surface area contributed by atoms with E-state index in [0.29, 0.717) is 49.2 Å². The molecule has 0 radical (unpaired) electrons. The summed E-state index contributed by atoms with van der Waals surface area (Å²) >= 11 is 0. The van der Waals surface area contributed by atoms with Gasteiger partial charge < -0.3 is 24.3 Å². The first-order valence-electron chi connectivity index (χ1n) is 10.7. The van der Waals surface area contributed by atoms with Crippen molar-refractivity contribution in [1.29, 1.82) is 0 Å². The highest BCUT2D eigenvalue weighted by molar-refractivity contribution is 5.94. The van der Waals surface area contributed by atoms with Crippen molar-refractivity contribution in [2.45, 2.75) is 19.9 Å². The number of amides is 1. The molecule has 0 aromatic heterocycles. The van der Waals surface area contributed by atoms with Crippen LogP contribution in [-0.4, -0.2) is 32.8 Å². The van der Waals surface area contributed by atoms with Gasteiger partial charge in [-0.2, -0.15) is 0 Å². The van der Waals surface area contributed by atoms with Gasteiger partial charge in [0.2, 0.25) is 0 Å². The molecule has 32 heavy (non-hydrogen) atoms. The second-order valence-corrected chi connectivity index (χ2v) is 7.05. The second-order valence-electron chi connectivity index (χ2n) is 7.05. The van der Waals surface area contributed by atoms with Crippen molar-refractivity contribution in [3.63, 3.8) is 0 Å². The maximum absolute atomic E-state index is 12.5. The Balaban J connectivity index is 1.45. The Morgan fingerprint density at radius 1 is 0.781 bits per heavy atom. The van der Waals surface area contributed by atoms with E-state index in [4.69, 9.17) is 18.9 Å².